The minimum Gasteiger partial charge on any atom is -0.496 e. The molecule has 0 bridgehead atoms. The van der Waals surface area contributed by atoms with Gasteiger partial charge in [-0.1, -0.05) is 37.5 Å². The third-order valence-corrected chi connectivity index (χ3v) is 7.17. The first-order chi connectivity index (χ1) is 15.8. The Morgan fingerprint density at radius 3 is 2.24 bits per heavy atom. The van der Waals surface area contributed by atoms with Crippen LogP contribution >= 0.6 is 0 Å². The zero-order valence-corrected chi connectivity index (χ0v) is 19.1. The first-order valence-corrected chi connectivity index (χ1v) is 11.8. The molecule has 4 nitrogen and oxygen atoms in total. The number of hydrogen-bond acceptors (Lipinski definition) is 4. The molecule has 1 saturated heterocycles. The normalized spacial score (nSPS) is 20.4. The second kappa shape index (κ2) is 10.0. The number of alkyl halides is 3. The molecule has 1 atom stereocenters. The molecule has 1 saturated carbocycles. The molecule has 33 heavy (non-hydrogen) atoms. The van der Waals surface area contributed by atoms with Crippen LogP contribution < -0.4 is 10.1 Å². The summed E-state index contributed by atoms with van der Waals surface area (Å²) in [4.78, 5) is 2.39. The number of benzene rings is 2. The highest BCUT2D eigenvalue weighted by molar-refractivity contribution is 5.66. The van der Waals surface area contributed by atoms with E-state index in [-0.39, 0.29) is 5.92 Å². The summed E-state index contributed by atoms with van der Waals surface area (Å²) in [7, 11) is 1.63. The topological polar surface area (TPSA) is 44.7 Å². The lowest BCUT2D eigenvalue weighted by molar-refractivity contribution is -0.137. The summed E-state index contributed by atoms with van der Waals surface area (Å²) >= 11 is 0. The second-order valence-electron chi connectivity index (χ2n) is 9.30. The van der Waals surface area contributed by atoms with Crippen LogP contribution in [0, 0.1) is 0 Å². The smallest absolute Gasteiger partial charge is 0.416 e. The van der Waals surface area contributed by atoms with Crippen LogP contribution in [0.15, 0.2) is 42.5 Å². The highest BCUT2D eigenvalue weighted by Crippen LogP contribution is 2.44. The highest BCUT2D eigenvalue weighted by Gasteiger charge is 2.41. The van der Waals surface area contributed by atoms with Crippen LogP contribution in [0.25, 0.3) is 11.1 Å². The van der Waals surface area contributed by atoms with Crippen LogP contribution in [-0.2, 0) is 6.18 Å². The summed E-state index contributed by atoms with van der Waals surface area (Å²) in [6.07, 6.45) is 0.257. The van der Waals surface area contributed by atoms with E-state index >= 15 is 0 Å². The highest BCUT2D eigenvalue weighted by atomic mass is 19.4. The van der Waals surface area contributed by atoms with Gasteiger partial charge in [0.25, 0.3) is 0 Å². The third kappa shape index (κ3) is 5.53. The van der Waals surface area contributed by atoms with Crippen LogP contribution in [0.2, 0.25) is 0 Å². The molecule has 1 aliphatic heterocycles. The Balaban J connectivity index is 1.72. The van der Waals surface area contributed by atoms with Gasteiger partial charge in [0, 0.05) is 44.2 Å². The predicted molar refractivity (Wildman–Crippen MR) is 124 cm³/mol. The maximum Gasteiger partial charge on any atom is 0.416 e. The fraction of sp³-hybridized carbons (Fsp3) is 0.538. The molecule has 4 rings (SSSR count). The van der Waals surface area contributed by atoms with E-state index in [0.717, 1.165) is 88.1 Å². The number of nitrogens with one attached hydrogen (secondary N) is 1. The van der Waals surface area contributed by atoms with Crippen LogP contribution in [0.3, 0.4) is 0 Å². The molecule has 1 heterocycles. The zero-order chi connectivity index (χ0) is 23.5. The molecule has 2 aliphatic rings. The van der Waals surface area contributed by atoms with E-state index in [9.17, 15) is 18.3 Å². The minimum atomic E-state index is -4.36. The molecule has 2 fully saturated rings. The van der Waals surface area contributed by atoms with Crippen molar-refractivity contribution in [3.63, 3.8) is 0 Å². The van der Waals surface area contributed by atoms with Crippen LogP contribution in [0.4, 0.5) is 13.2 Å². The molecule has 1 aliphatic carbocycles. The van der Waals surface area contributed by atoms with Gasteiger partial charge in [-0.3, -0.25) is 0 Å². The van der Waals surface area contributed by atoms with Crippen molar-refractivity contribution in [2.45, 2.75) is 49.8 Å². The summed E-state index contributed by atoms with van der Waals surface area (Å²) in [5.41, 5.74) is 0.980. The van der Waals surface area contributed by atoms with Gasteiger partial charge in [-0.2, -0.15) is 13.2 Å². The SMILES string of the molecule is COc1ccc(-c2ccc(C(F)(F)F)cc2)cc1C(CN1CCNCC1)C1(O)CCCCC1. The number of methoxy groups -OCH3 is 1. The van der Waals surface area contributed by atoms with E-state index < -0.39 is 17.3 Å². The molecule has 2 aromatic carbocycles. The van der Waals surface area contributed by atoms with Gasteiger partial charge < -0.3 is 20.1 Å². The van der Waals surface area contributed by atoms with Crippen molar-refractivity contribution < 1.29 is 23.0 Å². The molecule has 0 amide bonds. The van der Waals surface area contributed by atoms with Crippen LogP contribution in [0.5, 0.6) is 5.75 Å². The van der Waals surface area contributed by atoms with Crippen molar-refractivity contribution in [2.75, 3.05) is 39.8 Å². The van der Waals surface area contributed by atoms with Crippen molar-refractivity contribution in [2.24, 2.45) is 0 Å². The molecular weight excluding hydrogens is 429 g/mol. The Hall–Kier alpha value is -2.09. The van der Waals surface area contributed by atoms with Gasteiger partial charge >= 0.3 is 6.18 Å². The Kier molecular flexibility index (Phi) is 7.31. The van der Waals surface area contributed by atoms with Gasteiger partial charge in [-0.25, -0.2) is 0 Å². The van der Waals surface area contributed by atoms with Gasteiger partial charge in [0.1, 0.15) is 5.75 Å². The quantitative estimate of drug-likeness (QED) is 0.630. The summed E-state index contributed by atoms with van der Waals surface area (Å²) in [5, 5.41) is 15.2. The van der Waals surface area contributed by atoms with Crippen molar-refractivity contribution >= 4 is 0 Å². The summed E-state index contributed by atoms with van der Waals surface area (Å²) < 4.78 is 44.7. The Bertz CT molecular complexity index is 918. The van der Waals surface area contributed by atoms with E-state index in [1.165, 1.54) is 12.1 Å². The van der Waals surface area contributed by atoms with Gasteiger partial charge in [0.05, 0.1) is 18.3 Å². The number of halogens is 3. The lowest BCUT2D eigenvalue weighted by Gasteiger charge is -2.43. The van der Waals surface area contributed by atoms with E-state index in [0.29, 0.717) is 11.3 Å². The van der Waals surface area contributed by atoms with Crippen LogP contribution in [0.1, 0.15) is 49.1 Å². The van der Waals surface area contributed by atoms with Crippen molar-refractivity contribution in [1.29, 1.82) is 0 Å². The molecule has 0 radical (unpaired) electrons. The van der Waals surface area contributed by atoms with Crippen molar-refractivity contribution in [3.8, 4) is 16.9 Å². The Morgan fingerprint density at radius 1 is 1.00 bits per heavy atom. The second-order valence-corrected chi connectivity index (χ2v) is 9.30. The largest absolute Gasteiger partial charge is 0.496 e. The molecule has 0 spiro atoms. The average molecular weight is 463 g/mol. The number of ether oxygens (including phenoxy) is 1. The predicted octanol–water partition coefficient (Wildman–Crippen LogP) is 5.07. The monoisotopic (exact) mass is 462 g/mol. The molecule has 2 N–H and O–H groups in total. The van der Waals surface area contributed by atoms with Gasteiger partial charge in [0.2, 0.25) is 0 Å². The fourth-order valence-corrected chi connectivity index (χ4v) is 5.26. The number of aliphatic hydroxyl groups is 1. The molecular formula is C26H33F3N2O2. The Morgan fingerprint density at radius 2 is 1.64 bits per heavy atom. The lowest BCUT2D eigenvalue weighted by atomic mass is 9.72. The maximum atomic E-state index is 13.0. The van der Waals surface area contributed by atoms with E-state index in [1.54, 1.807) is 7.11 Å². The minimum absolute atomic E-state index is 0.139. The van der Waals surface area contributed by atoms with E-state index in [2.05, 4.69) is 10.2 Å². The van der Waals surface area contributed by atoms with Gasteiger partial charge in [0.15, 0.2) is 0 Å². The van der Waals surface area contributed by atoms with Crippen molar-refractivity contribution in [3.05, 3.63) is 53.6 Å². The van der Waals surface area contributed by atoms with E-state index in [1.807, 2.05) is 18.2 Å². The first-order valence-electron chi connectivity index (χ1n) is 11.8. The third-order valence-electron chi connectivity index (χ3n) is 7.17. The Labute approximate surface area is 193 Å². The van der Waals surface area contributed by atoms with E-state index in [4.69, 9.17) is 4.74 Å². The summed E-state index contributed by atoms with van der Waals surface area (Å²) in [6, 6.07) is 11.0. The average Bonchev–Trinajstić information content (AvgIpc) is 2.83. The van der Waals surface area contributed by atoms with Gasteiger partial charge in [-0.05, 0) is 48.2 Å². The van der Waals surface area contributed by atoms with Crippen molar-refractivity contribution in [1.82, 2.24) is 10.2 Å². The number of nitrogens with zero attached hydrogens (tertiary/aromatic N) is 1. The lowest BCUT2D eigenvalue weighted by Crippen LogP contribution is -2.49. The number of hydrogen-bond donors (Lipinski definition) is 2. The maximum absolute atomic E-state index is 13.0. The number of piperazine rings is 1. The molecule has 2 aromatic rings. The number of rotatable bonds is 6. The molecule has 1 unspecified atom stereocenters. The first kappa shape index (κ1) is 24.0. The van der Waals surface area contributed by atoms with Crippen LogP contribution in [-0.4, -0.2) is 55.4 Å². The molecule has 180 valence electrons. The van der Waals surface area contributed by atoms with Gasteiger partial charge in [-0.15, -0.1) is 0 Å². The fourth-order valence-electron chi connectivity index (χ4n) is 5.26. The zero-order valence-electron chi connectivity index (χ0n) is 19.1. The standard InChI is InChI=1S/C26H33F3N2O2/c1-33-24-10-7-20(19-5-8-21(9-6-19)26(27,28)29)17-22(24)23(18-31-15-13-30-14-16-31)25(32)11-3-2-4-12-25/h5-10,17,23,30,32H,2-4,11-16,18H2,1H3. The molecule has 0 aromatic heterocycles. The summed E-state index contributed by atoms with van der Waals surface area (Å²) in [6.45, 7) is 4.42. The molecule has 7 heteroatoms. The summed E-state index contributed by atoms with van der Waals surface area (Å²) in [5.74, 6) is 0.574.